The van der Waals surface area contributed by atoms with Crippen LogP contribution in [0, 0.1) is 18.3 Å². The maximum absolute atomic E-state index is 9.38. The molecule has 0 radical (unpaired) electrons. The molecule has 0 aliphatic carbocycles. The number of aromatic nitrogens is 2. The quantitative estimate of drug-likeness (QED) is 0.843. The molecule has 6 heteroatoms. The molecule has 100 valence electrons. The third-order valence-electron chi connectivity index (χ3n) is 3.31. The molecular weight excluding hydrogens is 276 g/mol. The number of H-pyrrole nitrogens is 1. The van der Waals surface area contributed by atoms with E-state index in [-0.39, 0.29) is 11.8 Å². The van der Waals surface area contributed by atoms with Gasteiger partial charge in [0.05, 0.1) is 5.92 Å². The van der Waals surface area contributed by atoms with Gasteiger partial charge in [-0.3, -0.25) is 5.10 Å². The highest BCUT2D eigenvalue weighted by Crippen LogP contribution is 2.42. The Balaban J connectivity index is 2.25. The van der Waals surface area contributed by atoms with Crippen LogP contribution in [0.25, 0.3) is 0 Å². The average Bonchev–Trinajstić information content (AvgIpc) is 2.78. The van der Waals surface area contributed by atoms with Crippen molar-refractivity contribution < 1.29 is 4.74 Å². The van der Waals surface area contributed by atoms with Crippen molar-refractivity contribution in [2.75, 3.05) is 0 Å². The van der Waals surface area contributed by atoms with Gasteiger partial charge < -0.3 is 10.5 Å². The second-order valence-electron chi connectivity index (χ2n) is 4.55. The van der Waals surface area contributed by atoms with Crippen LogP contribution in [0.1, 0.15) is 22.7 Å². The van der Waals surface area contributed by atoms with Gasteiger partial charge in [0.15, 0.2) is 0 Å². The Labute approximate surface area is 120 Å². The minimum absolute atomic E-state index is 0.0801. The van der Waals surface area contributed by atoms with Gasteiger partial charge in [0.2, 0.25) is 11.8 Å². The summed E-state index contributed by atoms with van der Waals surface area (Å²) in [6.07, 6.45) is 0. The van der Waals surface area contributed by atoms with Crippen LogP contribution in [0.4, 0.5) is 0 Å². The molecule has 5 nitrogen and oxygen atoms in total. The summed E-state index contributed by atoms with van der Waals surface area (Å²) in [7, 11) is 0. The van der Waals surface area contributed by atoms with E-state index in [0.29, 0.717) is 16.5 Å². The van der Waals surface area contributed by atoms with Crippen molar-refractivity contribution in [3.05, 3.63) is 57.6 Å². The highest BCUT2D eigenvalue weighted by Gasteiger charge is 2.34. The van der Waals surface area contributed by atoms with Crippen molar-refractivity contribution in [3.63, 3.8) is 0 Å². The van der Waals surface area contributed by atoms with Crippen molar-refractivity contribution in [1.29, 1.82) is 5.26 Å². The van der Waals surface area contributed by atoms with E-state index in [1.807, 2.05) is 25.1 Å². The van der Waals surface area contributed by atoms with Crippen molar-refractivity contribution in [2.24, 2.45) is 5.73 Å². The number of allylic oxidation sites excluding steroid dienone is 1. The standard InChI is InChI=1S/C14H11ClN4O/c1-7-11-12(8-3-2-4-9(15)5-8)10(6-16)13(17)20-14(11)19-18-7/h2-5,12H,17H2,1H3,(H,18,19). The predicted octanol–water partition coefficient (Wildman–Crippen LogP) is 2.59. The monoisotopic (exact) mass is 286 g/mol. The molecular formula is C14H11ClN4O. The summed E-state index contributed by atoms with van der Waals surface area (Å²) in [6, 6.07) is 9.47. The average molecular weight is 287 g/mol. The van der Waals surface area contributed by atoms with Gasteiger partial charge in [-0.1, -0.05) is 23.7 Å². The second kappa shape index (κ2) is 4.58. The molecule has 1 aromatic heterocycles. The van der Waals surface area contributed by atoms with Gasteiger partial charge in [0, 0.05) is 16.3 Å². The minimum Gasteiger partial charge on any atom is -0.420 e. The number of nitrogens with one attached hydrogen (secondary N) is 1. The zero-order valence-corrected chi connectivity index (χ0v) is 11.4. The molecule has 1 atom stereocenters. The van der Waals surface area contributed by atoms with Crippen molar-refractivity contribution in [2.45, 2.75) is 12.8 Å². The van der Waals surface area contributed by atoms with Crippen LogP contribution in [0.15, 0.2) is 35.7 Å². The Hall–Kier alpha value is -2.45. The van der Waals surface area contributed by atoms with Crippen LogP contribution < -0.4 is 10.5 Å². The van der Waals surface area contributed by atoms with E-state index in [1.54, 1.807) is 6.07 Å². The summed E-state index contributed by atoms with van der Waals surface area (Å²) >= 11 is 6.05. The van der Waals surface area contributed by atoms with E-state index in [4.69, 9.17) is 22.1 Å². The van der Waals surface area contributed by atoms with Crippen LogP contribution in [-0.2, 0) is 0 Å². The molecule has 0 amide bonds. The van der Waals surface area contributed by atoms with E-state index in [9.17, 15) is 5.26 Å². The Morgan fingerprint density at radius 1 is 1.50 bits per heavy atom. The van der Waals surface area contributed by atoms with Crippen molar-refractivity contribution in [3.8, 4) is 11.9 Å². The number of nitrogens with two attached hydrogens (primary N) is 1. The van der Waals surface area contributed by atoms with Crippen LogP contribution in [0.5, 0.6) is 5.88 Å². The maximum atomic E-state index is 9.38. The van der Waals surface area contributed by atoms with Crippen LogP contribution >= 0.6 is 11.6 Å². The minimum atomic E-state index is -0.318. The Morgan fingerprint density at radius 2 is 2.30 bits per heavy atom. The van der Waals surface area contributed by atoms with Crippen molar-refractivity contribution in [1.82, 2.24) is 10.2 Å². The van der Waals surface area contributed by atoms with E-state index in [0.717, 1.165) is 16.8 Å². The Kier molecular flexibility index (Phi) is 2.88. The highest BCUT2D eigenvalue weighted by molar-refractivity contribution is 6.30. The van der Waals surface area contributed by atoms with Crippen LogP contribution in [0.2, 0.25) is 5.02 Å². The summed E-state index contributed by atoms with van der Waals surface area (Å²) in [4.78, 5) is 0. The molecule has 2 aromatic rings. The fraction of sp³-hybridized carbons (Fsp3) is 0.143. The molecule has 0 saturated carbocycles. The molecule has 1 aliphatic rings. The number of ether oxygens (including phenoxy) is 1. The summed E-state index contributed by atoms with van der Waals surface area (Å²) in [5.41, 5.74) is 8.73. The normalized spacial score (nSPS) is 17.4. The lowest BCUT2D eigenvalue weighted by Gasteiger charge is -2.23. The van der Waals surface area contributed by atoms with Gasteiger partial charge in [-0.05, 0) is 24.6 Å². The molecule has 3 N–H and O–H groups in total. The van der Waals surface area contributed by atoms with E-state index in [2.05, 4.69) is 16.3 Å². The molecule has 0 spiro atoms. The number of aryl methyl sites for hydroxylation is 1. The molecule has 0 bridgehead atoms. The van der Waals surface area contributed by atoms with Gasteiger partial charge in [-0.2, -0.15) is 5.26 Å². The molecule has 0 fully saturated rings. The molecule has 1 aromatic carbocycles. The van der Waals surface area contributed by atoms with E-state index < -0.39 is 0 Å². The fourth-order valence-electron chi connectivity index (χ4n) is 2.42. The van der Waals surface area contributed by atoms with Gasteiger partial charge >= 0.3 is 0 Å². The first-order chi connectivity index (χ1) is 9.61. The molecule has 1 aliphatic heterocycles. The second-order valence-corrected chi connectivity index (χ2v) is 4.98. The zero-order valence-electron chi connectivity index (χ0n) is 10.6. The topological polar surface area (TPSA) is 87.7 Å². The number of hydrogen-bond acceptors (Lipinski definition) is 4. The zero-order chi connectivity index (χ0) is 14.3. The first-order valence-corrected chi connectivity index (χ1v) is 6.37. The van der Waals surface area contributed by atoms with E-state index in [1.165, 1.54) is 0 Å². The number of rotatable bonds is 1. The number of nitrogens with zero attached hydrogens (tertiary/aromatic N) is 2. The van der Waals surface area contributed by atoms with Crippen molar-refractivity contribution >= 4 is 11.6 Å². The first-order valence-electron chi connectivity index (χ1n) is 5.99. The SMILES string of the molecule is Cc1[nH]nc2c1C(c1cccc(Cl)c1)C(C#N)=C(N)O2. The number of nitriles is 1. The lowest BCUT2D eigenvalue weighted by atomic mass is 9.84. The number of hydrogen-bond donors (Lipinski definition) is 2. The summed E-state index contributed by atoms with van der Waals surface area (Å²) in [6.45, 7) is 1.88. The number of halogens is 1. The number of fused-ring (bicyclic) bond motifs is 1. The van der Waals surface area contributed by atoms with Gasteiger partial charge in [-0.25, -0.2) is 0 Å². The molecule has 0 saturated heterocycles. The molecule has 20 heavy (non-hydrogen) atoms. The van der Waals surface area contributed by atoms with Gasteiger partial charge in [0.25, 0.3) is 0 Å². The van der Waals surface area contributed by atoms with Gasteiger partial charge in [0.1, 0.15) is 11.6 Å². The molecule has 1 unspecified atom stereocenters. The first kappa shape index (κ1) is 12.6. The smallest absolute Gasteiger partial charge is 0.244 e. The summed E-state index contributed by atoms with van der Waals surface area (Å²) < 4.78 is 5.40. The molecule has 3 rings (SSSR count). The van der Waals surface area contributed by atoms with Crippen LogP contribution in [0.3, 0.4) is 0 Å². The predicted molar refractivity (Wildman–Crippen MR) is 74.1 cm³/mol. The Bertz CT molecular complexity index is 757. The number of benzene rings is 1. The largest absolute Gasteiger partial charge is 0.420 e. The third-order valence-corrected chi connectivity index (χ3v) is 3.55. The summed E-state index contributed by atoms with van der Waals surface area (Å²) in [5.74, 6) is 0.168. The fourth-order valence-corrected chi connectivity index (χ4v) is 2.62. The number of aromatic amines is 1. The van der Waals surface area contributed by atoms with Crippen LogP contribution in [-0.4, -0.2) is 10.2 Å². The molecule has 2 heterocycles. The lowest BCUT2D eigenvalue weighted by Crippen LogP contribution is -2.21. The lowest BCUT2D eigenvalue weighted by molar-refractivity contribution is 0.379. The van der Waals surface area contributed by atoms with Gasteiger partial charge in [-0.15, -0.1) is 5.10 Å². The Morgan fingerprint density at radius 3 is 3.00 bits per heavy atom. The third kappa shape index (κ3) is 1.82. The summed E-state index contributed by atoms with van der Waals surface area (Å²) in [5, 5.41) is 16.9. The van der Waals surface area contributed by atoms with E-state index >= 15 is 0 Å². The highest BCUT2D eigenvalue weighted by atomic mass is 35.5. The maximum Gasteiger partial charge on any atom is 0.244 e.